The van der Waals surface area contributed by atoms with Crippen molar-refractivity contribution < 1.29 is 18.3 Å². The Kier molecular flexibility index (Phi) is 5.57. The number of phenols is 1. The van der Waals surface area contributed by atoms with Gasteiger partial charge in [-0.25, -0.2) is 8.42 Å². The first-order chi connectivity index (χ1) is 14.5. The zero-order valence-corrected chi connectivity index (χ0v) is 17.3. The van der Waals surface area contributed by atoms with Crippen LogP contribution in [0.1, 0.15) is 16.7 Å². The number of aliphatic imine (C=N–C) groups is 1. The van der Waals surface area contributed by atoms with Gasteiger partial charge in [0.1, 0.15) is 0 Å². The molecule has 0 bridgehead atoms. The van der Waals surface area contributed by atoms with Crippen molar-refractivity contribution in [3.05, 3.63) is 83.4 Å². The first kappa shape index (κ1) is 20.1. The smallest absolute Gasteiger partial charge is 0.243 e. The molecule has 0 amide bonds. The van der Waals surface area contributed by atoms with Crippen LogP contribution in [0.4, 0.5) is 5.69 Å². The summed E-state index contributed by atoms with van der Waals surface area (Å²) in [4.78, 5) is 4.57. The summed E-state index contributed by atoms with van der Waals surface area (Å²) in [6.45, 7) is 0.849. The fourth-order valence-corrected chi connectivity index (χ4v) is 4.90. The normalized spacial score (nSPS) is 14.6. The van der Waals surface area contributed by atoms with Gasteiger partial charge < -0.3 is 9.84 Å². The van der Waals surface area contributed by atoms with Gasteiger partial charge >= 0.3 is 0 Å². The second kappa shape index (κ2) is 8.30. The third kappa shape index (κ3) is 3.94. The van der Waals surface area contributed by atoms with Crippen molar-refractivity contribution in [2.24, 2.45) is 4.99 Å². The molecule has 0 aliphatic carbocycles. The first-order valence-corrected chi connectivity index (χ1v) is 11.0. The van der Waals surface area contributed by atoms with Gasteiger partial charge in [0.2, 0.25) is 10.0 Å². The van der Waals surface area contributed by atoms with E-state index in [1.165, 1.54) is 23.2 Å². The number of aromatic hydroxyl groups is 1. The van der Waals surface area contributed by atoms with Gasteiger partial charge in [-0.2, -0.15) is 4.31 Å². The molecule has 0 fully saturated rings. The fraction of sp³-hybridized carbons (Fsp3) is 0.174. The third-order valence-corrected chi connectivity index (χ3v) is 7.03. The quantitative estimate of drug-likeness (QED) is 0.633. The Bertz CT molecular complexity index is 1190. The number of hydrogen-bond acceptors (Lipinski definition) is 5. The molecule has 0 spiro atoms. The highest BCUT2D eigenvalue weighted by Crippen LogP contribution is 2.29. The van der Waals surface area contributed by atoms with Crippen LogP contribution in [0.3, 0.4) is 0 Å². The summed E-state index contributed by atoms with van der Waals surface area (Å²) in [5.74, 6) is 0.372. The first-order valence-electron chi connectivity index (χ1n) is 9.56. The van der Waals surface area contributed by atoms with E-state index in [4.69, 9.17) is 4.74 Å². The van der Waals surface area contributed by atoms with Crippen molar-refractivity contribution in [3.8, 4) is 11.5 Å². The summed E-state index contributed by atoms with van der Waals surface area (Å²) in [6, 6.07) is 19.5. The van der Waals surface area contributed by atoms with E-state index >= 15 is 0 Å². The van der Waals surface area contributed by atoms with E-state index in [1.807, 2.05) is 24.3 Å². The molecule has 30 heavy (non-hydrogen) atoms. The monoisotopic (exact) mass is 422 g/mol. The molecule has 1 N–H and O–H groups in total. The molecule has 154 valence electrons. The van der Waals surface area contributed by atoms with Gasteiger partial charge in [0.05, 0.1) is 17.7 Å². The number of rotatable bonds is 5. The van der Waals surface area contributed by atoms with E-state index in [2.05, 4.69) is 4.99 Å². The Balaban J connectivity index is 1.52. The van der Waals surface area contributed by atoms with Crippen LogP contribution in [0.2, 0.25) is 0 Å². The largest absolute Gasteiger partial charge is 0.504 e. The molecule has 0 atom stereocenters. The predicted molar refractivity (Wildman–Crippen MR) is 116 cm³/mol. The lowest BCUT2D eigenvalue weighted by Crippen LogP contribution is -2.35. The fourth-order valence-electron chi connectivity index (χ4n) is 3.48. The van der Waals surface area contributed by atoms with Gasteiger partial charge in [-0.3, -0.25) is 4.99 Å². The molecule has 3 aromatic carbocycles. The highest BCUT2D eigenvalue weighted by Gasteiger charge is 2.28. The van der Waals surface area contributed by atoms with E-state index in [9.17, 15) is 13.5 Å². The average Bonchev–Trinajstić information content (AvgIpc) is 2.78. The molecule has 0 radical (unpaired) electrons. The van der Waals surface area contributed by atoms with Crippen molar-refractivity contribution in [2.45, 2.75) is 17.9 Å². The van der Waals surface area contributed by atoms with E-state index in [0.717, 1.165) is 5.56 Å². The van der Waals surface area contributed by atoms with Crippen molar-refractivity contribution in [3.63, 3.8) is 0 Å². The summed E-state index contributed by atoms with van der Waals surface area (Å²) in [5, 5.41) is 10.1. The molecule has 6 nitrogen and oxygen atoms in total. The summed E-state index contributed by atoms with van der Waals surface area (Å²) in [6.07, 6.45) is 2.23. The average molecular weight is 423 g/mol. The lowest BCUT2D eigenvalue weighted by Gasteiger charge is -2.28. The maximum Gasteiger partial charge on any atom is 0.243 e. The topological polar surface area (TPSA) is 79.2 Å². The maximum atomic E-state index is 13.0. The minimum Gasteiger partial charge on any atom is -0.504 e. The van der Waals surface area contributed by atoms with Crippen molar-refractivity contribution in [1.82, 2.24) is 4.31 Å². The molecule has 7 heteroatoms. The SMILES string of the molecule is COc1cccc(C=Nc2ccc(S(=O)(=O)N3CCc4ccccc4C3)cc2)c1O. The minimum atomic E-state index is -3.58. The van der Waals surface area contributed by atoms with Gasteiger partial charge in [-0.1, -0.05) is 30.3 Å². The number of ether oxygens (including phenoxy) is 1. The minimum absolute atomic E-state index is 0.00771. The molecular weight excluding hydrogens is 400 g/mol. The van der Waals surface area contributed by atoms with Crippen LogP contribution in [0.25, 0.3) is 0 Å². The van der Waals surface area contributed by atoms with E-state index in [0.29, 0.717) is 36.5 Å². The van der Waals surface area contributed by atoms with E-state index < -0.39 is 10.0 Å². The number of phenolic OH excluding ortho intramolecular Hbond substituents is 1. The Labute approximate surface area is 176 Å². The third-order valence-electron chi connectivity index (χ3n) is 5.17. The van der Waals surface area contributed by atoms with Gasteiger partial charge in [-0.15, -0.1) is 0 Å². The van der Waals surface area contributed by atoms with Crippen LogP contribution in [0.15, 0.2) is 76.6 Å². The molecule has 0 saturated heterocycles. The summed E-state index contributed by atoms with van der Waals surface area (Å²) >= 11 is 0. The second-order valence-corrected chi connectivity index (χ2v) is 8.95. The molecule has 1 heterocycles. The zero-order chi connectivity index (χ0) is 21.1. The van der Waals surface area contributed by atoms with Crippen LogP contribution < -0.4 is 4.74 Å². The predicted octanol–water partition coefficient (Wildman–Crippen LogP) is 3.90. The number of fused-ring (bicyclic) bond motifs is 1. The van der Waals surface area contributed by atoms with Crippen LogP contribution in [-0.4, -0.2) is 37.7 Å². The van der Waals surface area contributed by atoms with Crippen LogP contribution in [0.5, 0.6) is 11.5 Å². The van der Waals surface area contributed by atoms with Gasteiger partial charge in [0, 0.05) is 24.9 Å². The number of hydrogen-bond donors (Lipinski definition) is 1. The molecule has 1 aliphatic rings. The van der Waals surface area contributed by atoms with E-state index in [-0.39, 0.29) is 10.6 Å². The standard InChI is InChI=1S/C23H22N2O4S/c1-29-22-8-4-7-18(23(22)26)15-24-20-9-11-21(12-10-20)30(27,28)25-14-13-17-5-2-3-6-19(17)16-25/h2-12,15,26H,13-14,16H2,1H3. The lowest BCUT2D eigenvalue weighted by atomic mass is 10.0. The highest BCUT2D eigenvalue weighted by atomic mass is 32.2. The Morgan fingerprint density at radius 2 is 1.73 bits per heavy atom. The van der Waals surface area contributed by atoms with Gasteiger partial charge in [-0.05, 0) is 53.9 Å². The highest BCUT2D eigenvalue weighted by molar-refractivity contribution is 7.89. The van der Waals surface area contributed by atoms with Crippen LogP contribution >= 0.6 is 0 Å². The number of sulfonamides is 1. The molecule has 1 aliphatic heterocycles. The lowest BCUT2D eigenvalue weighted by molar-refractivity contribution is 0.373. The van der Waals surface area contributed by atoms with Crippen molar-refractivity contribution >= 4 is 21.9 Å². The molecule has 0 saturated carbocycles. The van der Waals surface area contributed by atoms with Gasteiger partial charge in [0.25, 0.3) is 0 Å². The molecule has 0 unspecified atom stereocenters. The van der Waals surface area contributed by atoms with Gasteiger partial charge in [0.15, 0.2) is 11.5 Å². The Morgan fingerprint density at radius 3 is 2.47 bits per heavy atom. The van der Waals surface area contributed by atoms with Crippen molar-refractivity contribution in [1.29, 1.82) is 0 Å². The number of para-hydroxylation sites is 1. The molecular formula is C23H22N2O4S. The summed E-state index contributed by atoms with van der Waals surface area (Å²) in [7, 11) is -2.10. The summed E-state index contributed by atoms with van der Waals surface area (Å²) < 4.78 is 32.7. The maximum absolute atomic E-state index is 13.0. The molecule has 3 aromatic rings. The molecule has 0 aromatic heterocycles. The molecule has 4 rings (SSSR count). The summed E-state index contributed by atoms with van der Waals surface area (Å²) in [5.41, 5.74) is 3.35. The van der Waals surface area contributed by atoms with Crippen LogP contribution in [-0.2, 0) is 23.0 Å². The number of methoxy groups -OCH3 is 1. The zero-order valence-electron chi connectivity index (χ0n) is 16.5. The number of benzene rings is 3. The van der Waals surface area contributed by atoms with Crippen molar-refractivity contribution in [2.75, 3.05) is 13.7 Å². The Hall–Kier alpha value is -3.16. The Morgan fingerprint density at radius 1 is 1.00 bits per heavy atom. The van der Waals surface area contributed by atoms with Crippen LogP contribution in [0, 0.1) is 0 Å². The number of nitrogens with zero attached hydrogens (tertiary/aromatic N) is 2. The van der Waals surface area contributed by atoms with E-state index in [1.54, 1.807) is 42.5 Å². The second-order valence-electron chi connectivity index (χ2n) is 7.01.